The number of fused-ring (bicyclic) bond motifs is 4. The maximum Gasteiger partial charge on any atom is 0.494 e. The zero-order chi connectivity index (χ0) is 22.8. The Kier molecular flexibility index (Phi) is 4.38. The fraction of sp³-hybridized carbons (Fsp3) is 0.214. The van der Waals surface area contributed by atoms with Crippen LogP contribution in [0.25, 0.3) is 44.0 Å². The molecule has 0 saturated carbocycles. The second-order valence-corrected chi connectivity index (χ2v) is 9.77. The molecule has 3 aromatic carbocycles. The molecule has 1 aliphatic heterocycles. The Labute approximate surface area is 193 Å². The summed E-state index contributed by atoms with van der Waals surface area (Å²) in [4.78, 5) is 10.2. The number of benzene rings is 3. The molecule has 0 amide bonds. The summed E-state index contributed by atoms with van der Waals surface area (Å²) in [5.74, 6) is 0. The molecule has 0 spiro atoms. The molecule has 0 atom stereocenters. The molecule has 5 heteroatoms. The maximum atomic E-state index is 6.29. The third kappa shape index (κ3) is 3.23. The SMILES string of the molecule is CC1(C)OB(c2ccc3c(c2)nc(-c2ccccc2)c2cc4ccccc4nc23)OC1(C)C. The van der Waals surface area contributed by atoms with Gasteiger partial charge in [0.25, 0.3) is 0 Å². The minimum absolute atomic E-state index is 0.390. The van der Waals surface area contributed by atoms with E-state index in [1.807, 2.05) is 30.3 Å². The zero-order valence-electron chi connectivity index (χ0n) is 19.3. The minimum Gasteiger partial charge on any atom is -0.399 e. The lowest BCUT2D eigenvalue weighted by Gasteiger charge is -2.32. The van der Waals surface area contributed by atoms with Gasteiger partial charge in [0.05, 0.1) is 33.4 Å². The van der Waals surface area contributed by atoms with Crippen LogP contribution in [0.3, 0.4) is 0 Å². The van der Waals surface area contributed by atoms with Gasteiger partial charge in [-0.05, 0) is 51.4 Å². The van der Waals surface area contributed by atoms with Gasteiger partial charge in [0.15, 0.2) is 0 Å². The van der Waals surface area contributed by atoms with E-state index in [1.165, 1.54) is 0 Å². The molecule has 1 saturated heterocycles. The van der Waals surface area contributed by atoms with Crippen molar-refractivity contribution in [3.63, 3.8) is 0 Å². The number of hydrogen-bond acceptors (Lipinski definition) is 4. The lowest BCUT2D eigenvalue weighted by atomic mass is 9.78. The Morgan fingerprint density at radius 3 is 2.12 bits per heavy atom. The summed E-state index contributed by atoms with van der Waals surface area (Å²) in [6.07, 6.45) is 0. The highest BCUT2D eigenvalue weighted by Gasteiger charge is 2.51. The van der Waals surface area contributed by atoms with Gasteiger partial charge in [0.1, 0.15) is 0 Å². The van der Waals surface area contributed by atoms with Gasteiger partial charge in [-0.2, -0.15) is 0 Å². The van der Waals surface area contributed by atoms with Crippen molar-refractivity contribution >= 4 is 45.3 Å². The van der Waals surface area contributed by atoms with Crippen LogP contribution in [0.1, 0.15) is 27.7 Å². The number of aromatic nitrogens is 2. The van der Waals surface area contributed by atoms with Crippen molar-refractivity contribution in [2.75, 3.05) is 0 Å². The molecule has 3 heterocycles. The topological polar surface area (TPSA) is 44.2 Å². The zero-order valence-corrected chi connectivity index (χ0v) is 19.3. The highest BCUT2D eigenvalue weighted by molar-refractivity contribution is 6.62. The summed E-state index contributed by atoms with van der Waals surface area (Å²) in [7, 11) is -0.429. The van der Waals surface area contributed by atoms with Crippen molar-refractivity contribution in [1.29, 1.82) is 0 Å². The third-order valence-electron chi connectivity index (χ3n) is 7.06. The molecule has 4 nitrogen and oxygen atoms in total. The number of pyridine rings is 2. The van der Waals surface area contributed by atoms with Crippen molar-refractivity contribution in [1.82, 2.24) is 9.97 Å². The van der Waals surface area contributed by atoms with Gasteiger partial charge >= 0.3 is 7.12 Å². The molecule has 162 valence electrons. The van der Waals surface area contributed by atoms with Crippen LogP contribution in [0.2, 0.25) is 0 Å². The monoisotopic (exact) mass is 432 g/mol. The highest BCUT2D eigenvalue weighted by atomic mass is 16.7. The lowest BCUT2D eigenvalue weighted by Crippen LogP contribution is -2.41. The van der Waals surface area contributed by atoms with Crippen LogP contribution in [0.15, 0.2) is 78.9 Å². The lowest BCUT2D eigenvalue weighted by molar-refractivity contribution is 0.00578. The van der Waals surface area contributed by atoms with E-state index >= 15 is 0 Å². The molecular formula is C28H25BN2O2. The van der Waals surface area contributed by atoms with E-state index in [0.29, 0.717) is 0 Å². The predicted molar refractivity (Wildman–Crippen MR) is 136 cm³/mol. The maximum absolute atomic E-state index is 6.29. The molecule has 1 fully saturated rings. The molecule has 1 aliphatic rings. The number of nitrogens with zero attached hydrogens (tertiary/aromatic N) is 2. The average Bonchev–Trinajstić information content (AvgIpc) is 3.04. The van der Waals surface area contributed by atoms with E-state index in [-0.39, 0.29) is 11.2 Å². The second kappa shape index (κ2) is 7.11. The van der Waals surface area contributed by atoms with Gasteiger partial charge in [-0.25, -0.2) is 9.97 Å². The van der Waals surface area contributed by atoms with Crippen molar-refractivity contribution < 1.29 is 9.31 Å². The van der Waals surface area contributed by atoms with Crippen LogP contribution in [-0.4, -0.2) is 28.3 Å². The summed E-state index contributed by atoms with van der Waals surface area (Å²) >= 11 is 0. The number of para-hydroxylation sites is 1. The first-order valence-corrected chi connectivity index (χ1v) is 11.4. The van der Waals surface area contributed by atoms with Crippen molar-refractivity contribution in [3.05, 3.63) is 78.9 Å². The van der Waals surface area contributed by atoms with E-state index in [2.05, 4.69) is 76.2 Å². The molecule has 0 radical (unpaired) electrons. The first-order valence-electron chi connectivity index (χ1n) is 11.4. The van der Waals surface area contributed by atoms with Gasteiger partial charge in [-0.15, -0.1) is 0 Å². The van der Waals surface area contributed by atoms with Crippen LogP contribution in [0.4, 0.5) is 0 Å². The van der Waals surface area contributed by atoms with Crippen molar-refractivity contribution in [2.45, 2.75) is 38.9 Å². The Balaban J connectivity index is 1.61. The summed E-state index contributed by atoms with van der Waals surface area (Å²) < 4.78 is 12.6. The first-order chi connectivity index (χ1) is 15.8. The normalized spacial score (nSPS) is 17.3. The van der Waals surface area contributed by atoms with Crippen LogP contribution >= 0.6 is 0 Å². The fourth-order valence-corrected chi connectivity index (χ4v) is 4.47. The van der Waals surface area contributed by atoms with E-state index < -0.39 is 7.12 Å². The Hall–Kier alpha value is -3.28. The van der Waals surface area contributed by atoms with Gasteiger partial charge < -0.3 is 9.31 Å². The van der Waals surface area contributed by atoms with Crippen LogP contribution < -0.4 is 5.46 Å². The summed E-state index contributed by atoms with van der Waals surface area (Å²) in [5, 5.41) is 3.18. The molecule has 5 aromatic rings. The number of rotatable bonds is 2. The van der Waals surface area contributed by atoms with Crippen molar-refractivity contribution in [2.24, 2.45) is 0 Å². The van der Waals surface area contributed by atoms with Crippen molar-refractivity contribution in [3.8, 4) is 11.3 Å². The molecular weight excluding hydrogens is 407 g/mol. The third-order valence-corrected chi connectivity index (χ3v) is 7.06. The van der Waals surface area contributed by atoms with Gasteiger partial charge in [0.2, 0.25) is 0 Å². The summed E-state index contributed by atoms with van der Waals surface area (Å²) in [6.45, 7) is 8.29. The summed E-state index contributed by atoms with van der Waals surface area (Å²) in [6, 6.07) is 27.0. The second-order valence-electron chi connectivity index (χ2n) is 9.77. The first kappa shape index (κ1) is 20.3. The smallest absolute Gasteiger partial charge is 0.399 e. The van der Waals surface area contributed by atoms with Gasteiger partial charge in [-0.1, -0.05) is 60.7 Å². The van der Waals surface area contributed by atoms with E-state index in [0.717, 1.165) is 49.4 Å². The van der Waals surface area contributed by atoms with E-state index in [1.54, 1.807) is 0 Å². The van der Waals surface area contributed by atoms with Gasteiger partial charge in [-0.3, -0.25) is 0 Å². The molecule has 6 rings (SSSR count). The Morgan fingerprint density at radius 2 is 1.36 bits per heavy atom. The largest absolute Gasteiger partial charge is 0.494 e. The number of hydrogen-bond donors (Lipinski definition) is 0. The van der Waals surface area contributed by atoms with Crippen LogP contribution in [0.5, 0.6) is 0 Å². The molecule has 0 unspecified atom stereocenters. The standard InChI is InChI=1S/C28H25BN2O2/c1-27(2)28(3,4)33-29(32-27)20-14-15-21-24(17-20)31-25(18-10-6-5-7-11-18)22-16-19-12-8-9-13-23(19)30-26(21)22/h5-17H,1-4H3. The molecule has 0 aliphatic carbocycles. The average molecular weight is 432 g/mol. The fourth-order valence-electron chi connectivity index (χ4n) is 4.47. The van der Waals surface area contributed by atoms with Crippen LogP contribution in [0, 0.1) is 0 Å². The molecule has 0 N–H and O–H groups in total. The minimum atomic E-state index is -0.429. The predicted octanol–water partition coefficient (Wildman–Crippen LogP) is 5.90. The van der Waals surface area contributed by atoms with Gasteiger partial charge in [0, 0.05) is 21.7 Å². The highest BCUT2D eigenvalue weighted by Crippen LogP contribution is 2.37. The quantitative estimate of drug-likeness (QED) is 0.198. The van der Waals surface area contributed by atoms with E-state index in [9.17, 15) is 0 Å². The van der Waals surface area contributed by atoms with E-state index in [4.69, 9.17) is 19.3 Å². The Bertz CT molecular complexity index is 1510. The summed E-state index contributed by atoms with van der Waals surface area (Å²) in [5.41, 5.74) is 5.01. The molecule has 33 heavy (non-hydrogen) atoms. The molecule has 2 aromatic heterocycles. The Morgan fingerprint density at radius 1 is 0.667 bits per heavy atom. The molecule has 0 bridgehead atoms. The van der Waals surface area contributed by atoms with Crippen LogP contribution in [-0.2, 0) is 9.31 Å².